The Labute approximate surface area is 235 Å². The molecule has 0 unspecified atom stereocenters. The first-order valence-corrected chi connectivity index (χ1v) is 12.9. The van der Waals surface area contributed by atoms with Crippen LogP contribution in [0.4, 0.5) is 18.3 Å². The van der Waals surface area contributed by atoms with Crippen molar-refractivity contribution in [1.29, 1.82) is 0 Å². The third-order valence-electron chi connectivity index (χ3n) is 6.20. The van der Waals surface area contributed by atoms with Crippen molar-refractivity contribution in [3.63, 3.8) is 0 Å². The molecule has 1 aliphatic rings. The Kier molecular flexibility index (Phi) is 7.19. The lowest BCUT2D eigenvalue weighted by Crippen LogP contribution is -2.27. The van der Waals surface area contributed by atoms with Gasteiger partial charge in [0.1, 0.15) is 16.6 Å². The summed E-state index contributed by atoms with van der Waals surface area (Å²) in [6.45, 7) is 3.50. The third kappa shape index (κ3) is 5.34. The van der Waals surface area contributed by atoms with E-state index in [-0.39, 0.29) is 35.1 Å². The average molecular weight is 589 g/mol. The van der Waals surface area contributed by atoms with E-state index >= 15 is 0 Å². The van der Waals surface area contributed by atoms with E-state index in [1.165, 1.54) is 42.7 Å². The van der Waals surface area contributed by atoms with Gasteiger partial charge in [-0.25, -0.2) is 15.0 Å². The summed E-state index contributed by atoms with van der Waals surface area (Å²) in [5, 5.41) is 3.36. The number of hydrogen-bond acceptors (Lipinski definition) is 8. The van der Waals surface area contributed by atoms with Gasteiger partial charge in [0.15, 0.2) is 5.13 Å². The number of nitrogens with zero attached hydrogens (tertiary/aromatic N) is 5. The van der Waals surface area contributed by atoms with Crippen molar-refractivity contribution in [2.75, 3.05) is 12.4 Å². The number of fused-ring (bicyclic) bond motifs is 1. The topological polar surface area (TPSA) is 110 Å². The van der Waals surface area contributed by atoms with Gasteiger partial charge in [0, 0.05) is 23.0 Å². The van der Waals surface area contributed by atoms with Crippen molar-refractivity contribution in [2.45, 2.75) is 33.1 Å². The summed E-state index contributed by atoms with van der Waals surface area (Å²) in [6.07, 6.45) is -1.67. The fourth-order valence-corrected chi connectivity index (χ4v) is 5.41. The summed E-state index contributed by atoms with van der Waals surface area (Å²) in [4.78, 5) is 44.8. The number of thiazole rings is 1. The average Bonchev–Trinajstić information content (AvgIpc) is 3.46. The minimum Gasteiger partial charge on any atom is -0.494 e. The molecule has 1 aliphatic heterocycles. The molecule has 5 heterocycles. The number of nitrogens with one attached hydrogen (secondary N) is 1. The number of carbonyl (C=O) groups is 2. The molecular weight excluding hydrogens is 569 g/mol. The number of rotatable bonds is 5. The van der Waals surface area contributed by atoms with E-state index in [0.29, 0.717) is 33.4 Å². The van der Waals surface area contributed by atoms with Crippen LogP contribution in [0.2, 0.25) is 5.15 Å². The normalized spacial score (nSPS) is 12.8. The largest absolute Gasteiger partial charge is 0.494 e. The lowest BCUT2D eigenvalue weighted by atomic mass is 10.0. The molecule has 0 radical (unpaired) electrons. The van der Waals surface area contributed by atoms with E-state index in [2.05, 4.69) is 25.3 Å². The molecule has 0 fully saturated rings. The van der Waals surface area contributed by atoms with E-state index < -0.39 is 23.7 Å². The Morgan fingerprint density at radius 3 is 2.50 bits per heavy atom. The SMILES string of the molecule is COc1cnc(Cl)cc1-c1cc(C)ncc1C(=O)Nc1nc2c(s1)CN(C(=O)c1ccc(C(F)(F)F)nc1C)C2. The fourth-order valence-electron chi connectivity index (χ4n) is 4.27. The van der Waals surface area contributed by atoms with Gasteiger partial charge in [-0.3, -0.25) is 19.9 Å². The summed E-state index contributed by atoms with van der Waals surface area (Å²) in [5.41, 5.74) is 1.68. The highest BCUT2D eigenvalue weighted by molar-refractivity contribution is 7.16. The van der Waals surface area contributed by atoms with E-state index in [9.17, 15) is 22.8 Å². The Bertz CT molecular complexity index is 1640. The molecule has 0 aliphatic carbocycles. The Morgan fingerprint density at radius 2 is 1.82 bits per heavy atom. The van der Waals surface area contributed by atoms with Crippen LogP contribution < -0.4 is 10.1 Å². The van der Waals surface area contributed by atoms with Gasteiger partial charge < -0.3 is 9.64 Å². The zero-order valence-electron chi connectivity index (χ0n) is 21.3. The monoisotopic (exact) mass is 588 g/mol. The molecule has 5 rings (SSSR count). The van der Waals surface area contributed by atoms with E-state index in [1.54, 1.807) is 19.1 Å². The summed E-state index contributed by atoms with van der Waals surface area (Å²) >= 11 is 7.32. The third-order valence-corrected chi connectivity index (χ3v) is 7.40. The quantitative estimate of drug-likeness (QED) is 0.298. The second-order valence-electron chi connectivity index (χ2n) is 8.91. The first-order valence-electron chi connectivity index (χ1n) is 11.7. The molecule has 0 aromatic carbocycles. The fraction of sp³-hybridized carbons (Fsp3) is 0.231. The standard InChI is InChI=1S/C26H20ClF3N6O3S/c1-12-6-15(16-7-22(27)32-9-19(16)39-3)17(8-31-12)23(37)35-25-34-18-10-36(11-20(18)40-25)24(38)14-4-5-21(26(28,29)30)33-13(14)2/h4-9H,10-11H2,1-3H3,(H,34,35,37). The molecule has 0 saturated carbocycles. The first kappa shape index (κ1) is 27.5. The van der Waals surface area contributed by atoms with Crippen molar-refractivity contribution in [2.24, 2.45) is 0 Å². The van der Waals surface area contributed by atoms with E-state index in [4.69, 9.17) is 16.3 Å². The first-order chi connectivity index (χ1) is 18.9. The molecule has 9 nitrogen and oxygen atoms in total. The van der Waals surface area contributed by atoms with Crippen LogP contribution in [-0.2, 0) is 19.3 Å². The lowest BCUT2D eigenvalue weighted by Gasteiger charge is -2.17. The van der Waals surface area contributed by atoms with Crippen molar-refractivity contribution in [1.82, 2.24) is 24.8 Å². The summed E-state index contributed by atoms with van der Waals surface area (Å²) in [7, 11) is 1.49. The van der Waals surface area contributed by atoms with Gasteiger partial charge in [0.05, 0.1) is 53.8 Å². The summed E-state index contributed by atoms with van der Waals surface area (Å²) in [5.74, 6) is -0.473. The number of pyridine rings is 3. The molecule has 0 saturated heterocycles. The van der Waals surface area contributed by atoms with E-state index in [0.717, 1.165) is 17.0 Å². The lowest BCUT2D eigenvalue weighted by molar-refractivity contribution is -0.141. The Hall–Kier alpha value is -4.10. The van der Waals surface area contributed by atoms with Crippen LogP contribution in [0.1, 0.15) is 48.4 Å². The van der Waals surface area contributed by atoms with Crippen LogP contribution in [0.3, 0.4) is 0 Å². The molecule has 0 spiro atoms. The molecule has 206 valence electrons. The smallest absolute Gasteiger partial charge is 0.433 e. The van der Waals surface area contributed by atoms with Gasteiger partial charge in [0.25, 0.3) is 11.8 Å². The minimum atomic E-state index is -4.60. The molecule has 40 heavy (non-hydrogen) atoms. The van der Waals surface area contributed by atoms with Crippen LogP contribution in [0.25, 0.3) is 11.1 Å². The number of alkyl halides is 3. The number of aromatic nitrogens is 4. The van der Waals surface area contributed by atoms with Gasteiger partial charge in [-0.2, -0.15) is 13.2 Å². The second kappa shape index (κ2) is 10.5. The summed E-state index contributed by atoms with van der Waals surface area (Å²) in [6, 6.07) is 5.27. The van der Waals surface area contributed by atoms with Crippen LogP contribution in [0, 0.1) is 13.8 Å². The van der Waals surface area contributed by atoms with Crippen LogP contribution in [0.5, 0.6) is 5.75 Å². The van der Waals surface area contributed by atoms with Gasteiger partial charge in [-0.15, -0.1) is 0 Å². The molecule has 2 amide bonds. The molecule has 0 atom stereocenters. The van der Waals surface area contributed by atoms with Crippen LogP contribution in [-0.4, -0.2) is 43.8 Å². The molecule has 1 N–H and O–H groups in total. The minimum absolute atomic E-state index is 0.00869. The van der Waals surface area contributed by atoms with Crippen molar-refractivity contribution < 1.29 is 27.5 Å². The second-order valence-corrected chi connectivity index (χ2v) is 10.4. The van der Waals surface area contributed by atoms with Gasteiger partial charge in [0.2, 0.25) is 0 Å². The number of halogens is 4. The Morgan fingerprint density at radius 1 is 1.05 bits per heavy atom. The molecule has 14 heteroatoms. The van der Waals surface area contributed by atoms with Gasteiger partial charge in [-0.05, 0) is 38.1 Å². The summed E-state index contributed by atoms with van der Waals surface area (Å²) < 4.78 is 44.2. The van der Waals surface area contributed by atoms with Crippen LogP contribution in [0.15, 0.2) is 36.7 Å². The van der Waals surface area contributed by atoms with Crippen molar-refractivity contribution >= 4 is 39.9 Å². The number of ether oxygens (including phenoxy) is 1. The number of anilines is 1. The predicted octanol–water partition coefficient (Wildman–Crippen LogP) is 5.70. The highest BCUT2D eigenvalue weighted by atomic mass is 35.5. The van der Waals surface area contributed by atoms with Gasteiger partial charge >= 0.3 is 6.18 Å². The van der Waals surface area contributed by atoms with E-state index in [1.807, 2.05) is 0 Å². The highest BCUT2D eigenvalue weighted by Gasteiger charge is 2.34. The molecule has 4 aromatic rings. The zero-order valence-corrected chi connectivity index (χ0v) is 22.8. The maximum Gasteiger partial charge on any atom is 0.433 e. The van der Waals surface area contributed by atoms with Gasteiger partial charge in [-0.1, -0.05) is 22.9 Å². The number of methoxy groups -OCH3 is 1. The highest BCUT2D eigenvalue weighted by Crippen LogP contribution is 2.36. The maximum atomic E-state index is 13.3. The maximum absolute atomic E-state index is 13.3. The number of carbonyl (C=O) groups excluding carboxylic acids is 2. The number of hydrogen-bond donors (Lipinski definition) is 1. The molecule has 4 aromatic heterocycles. The predicted molar refractivity (Wildman–Crippen MR) is 141 cm³/mol. The van der Waals surface area contributed by atoms with Crippen molar-refractivity contribution in [3.05, 3.63) is 80.6 Å². The number of aryl methyl sites for hydroxylation is 2. The molecular formula is C26H20ClF3N6O3S. The van der Waals surface area contributed by atoms with Crippen molar-refractivity contribution in [3.8, 4) is 16.9 Å². The number of amides is 2. The molecule has 0 bridgehead atoms. The Balaban J connectivity index is 1.33. The zero-order chi connectivity index (χ0) is 28.8. The van der Waals surface area contributed by atoms with Crippen LogP contribution >= 0.6 is 22.9 Å².